The summed E-state index contributed by atoms with van der Waals surface area (Å²) >= 11 is 6.46. The predicted molar refractivity (Wildman–Crippen MR) is 113 cm³/mol. The zero-order chi connectivity index (χ0) is 22.3. The standard InChI is InChI=1S/C23H24ClNO6/c1-30-18-10-12(9-13(24)23(18)31-2)20-21-14(5-3-7-16(21)26)25(11-19(28)29)15-6-4-8-17(27)22(15)20/h9-10,20H,3-8,11H2,1-2H3,(H,28,29). The number of hydrogen-bond acceptors (Lipinski definition) is 6. The number of methoxy groups -OCH3 is 2. The van der Waals surface area contributed by atoms with Crippen molar-refractivity contribution >= 4 is 29.1 Å². The molecule has 7 nitrogen and oxygen atoms in total. The van der Waals surface area contributed by atoms with Crippen molar-refractivity contribution in [1.82, 2.24) is 4.90 Å². The van der Waals surface area contributed by atoms with Gasteiger partial charge in [-0.25, -0.2) is 0 Å². The van der Waals surface area contributed by atoms with Crippen LogP contribution in [-0.4, -0.2) is 48.3 Å². The number of carbonyl (C=O) groups is 3. The number of halogens is 1. The predicted octanol–water partition coefficient (Wildman–Crippen LogP) is 3.86. The molecule has 1 aromatic rings. The van der Waals surface area contributed by atoms with Crippen molar-refractivity contribution < 1.29 is 29.0 Å². The maximum Gasteiger partial charge on any atom is 0.323 e. The topological polar surface area (TPSA) is 93.1 Å². The van der Waals surface area contributed by atoms with E-state index in [0.29, 0.717) is 83.2 Å². The van der Waals surface area contributed by atoms with Crippen LogP contribution in [0.25, 0.3) is 0 Å². The molecule has 0 saturated heterocycles. The van der Waals surface area contributed by atoms with Crippen LogP contribution in [0, 0.1) is 0 Å². The molecule has 4 rings (SSSR count). The summed E-state index contributed by atoms with van der Waals surface area (Å²) in [6, 6.07) is 3.46. The van der Waals surface area contributed by atoms with Gasteiger partial charge >= 0.3 is 5.97 Å². The van der Waals surface area contributed by atoms with Gasteiger partial charge in [-0.3, -0.25) is 14.4 Å². The fourth-order valence-corrected chi connectivity index (χ4v) is 5.28. The van der Waals surface area contributed by atoms with Gasteiger partial charge in [-0.05, 0) is 43.4 Å². The third kappa shape index (κ3) is 3.61. The van der Waals surface area contributed by atoms with Gasteiger partial charge < -0.3 is 19.5 Å². The monoisotopic (exact) mass is 445 g/mol. The molecule has 0 aromatic heterocycles. The van der Waals surface area contributed by atoms with Crippen molar-refractivity contribution in [3.05, 3.63) is 45.3 Å². The van der Waals surface area contributed by atoms with Gasteiger partial charge in [-0.2, -0.15) is 0 Å². The lowest BCUT2D eigenvalue weighted by Gasteiger charge is -2.43. The highest BCUT2D eigenvalue weighted by atomic mass is 35.5. The molecule has 2 aliphatic carbocycles. The first-order chi connectivity index (χ1) is 14.9. The summed E-state index contributed by atoms with van der Waals surface area (Å²) in [6.07, 6.45) is 3.24. The second-order valence-electron chi connectivity index (χ2n) is 7.93. The molecule has 0 saturated carbocycles. The first-order valence-electron chi connectivity index (χ1n) is 10.3. The Labute approximate surface area is 185 Å². The largest absolute Gasteiger partial charge is 0.493 e. The summed E-state index contributed by atoms with van der Waals surface area (Å²) in [5.41, 5.74) is 3.10. The van der Waals surface area contributed by atoms with Crippen LogP contribution in [0.4, 0.5) is 0 Å². The van der Waals surface area contributed by atoms with Gasteiger partial charge in [0.05, 0.1) is 19.2 Å². The highest BCUT2D eigenvalue weighted by Gasteiger charge is 2.44. The number of aliphatic carboxylic acids is 1. The normalized spacial score (nSPS) is 19.4. The molecule has 0 atom stereocenters. The van der Waals surface area contributed by atoms with Crippen LogP contribution >= 0.6 is 11.6 Å². The minimum atomic E-state index is -0.998. The highest BCUT2D eigenvalue weighted by molar-refractivity contribution is 6.32. The summed E-state index contributed by atoms with van der Waals surface area (Å²) in [7, 11) is 2.99. The number of nitrogens with zero attached hydrogens (tertiary/aromatic N) is 1. The molecule has 0 spiro atoms. The van der Waals surface area contributed by atoms with E-state index in [4.69, 9.17) is 21.1 Å². The molecular weight excluding hydrogens is 422 g/mol. The number of benzene rings is 1. The number of rotatable bonds is 5. The fourth-order valence-electron chi connectivity index (χ4n) is 4.98. The van der Waals surface area contributed by atoms with Crippen molar-refractivity contribution in [2.45, 2.75) is 44.4 Å². The molecule has 1 aliphatic heterocycles. The lowest BCUT2D eigenvalue weighted by atomic mass is 9.71. The van der Waals surface area contributed by atoms with Gasteiger partial charge in [-0.1, -0.05) is 11.6 Å². The van der Waals surface area contributed by atoms with Crippen LogP contribution in [0.2, 0.25) is 5.02 Å². The summed E-state index contributed by atoms with van der Waals surface area (Å²) in [4.78, 5) is 39.6. The number of carboxylic acids is 1. The summed E-state index contributed by atoms with van der Waals surface area (Å²) < 4.78 is 10.8. The Morgan fingerprint density at radius 3 is 2.10 bits per heavy atom. The lowest BCUT2D eigenvalue weighted by molar-refractivity contribution is -0.138. The van der Waals surface area contributed by atoms with Crippen molar-refractivity contribution in [3.63, 3.8) is 0 Å². The van der Waals surface area contributed by atoms with Crippen LogP contribution < -0.4 is 9.47 Å². The molecule has 0 fully saturated rings. The SMILES string of the molecule is COc1cc(C2C3=C(CCCC3=O)N(CC(=O)O)C3=C2C(=O)CCC3)cc(Cl)c1OC. The summed E-state index contributed by atoms with van der Waals surface area (Å²) in [5, 5.41) is 9.84. The molecule has 8 heteroatoms. The van der Waals surface area contributed by atoms with Gasteiger partial charge in [0.2, 0.25) is 0 Å². The summed E-state index contributed by atoms with van der Waals surface area (Å²) in [6.45, 7) is -0.266. The van der Waals surface area contributed by atoms with Gasteiger partial charge in [0, 0.05) is 41.3 Å². The van der Waals surface area contributed by atoms with Crippen LogP contribution in [0.1, 0.15) is 50.0 Å². The smallest absolute Gasteiger partial charge is 0.323 e. The second kappa shape index (κ2) is 8.38. The zero-order valence-electron chi connectivity index (χ0n) is 17.5. The van der Waals surface area contributed by atoms with Gasteiger partial charge in [0.1, 0.15) is 6.54 Å². The molecule has 1 N–H and O–H groups in total. The number of allylic oxidation sites excluding steroid dienone is 4. The Balaban J connectivity index is 1.98. The number of carbonyl (C=O) groups excluding carboxylic acids is 2. The van der Waals surface area contributed by atoms with E-state index in [9.17, 15) is 19.5 Å². The Kier molecular flexibility index (Phi) is 5.79. The van der Waals surface area contributed by atoms with E-state index in [1.165, 1.54) is 14.2 Å². The van der Waals surface area contributed by atoms with E-state index in [1.54, 1.807) is 17.0 Å². The quantitative estimate of drug-likeness (QED) is 0.735. The van der Waals surface area contributed by atoms with Gasteiger partial charge in [0.15, 0.2) is 23.1 Å². The maximum atomic E-state index is 13.1. The molecule has 0 radical (unpaired) electrons. The molecule has 1 aromatic carbocycles. The zero-order valence-corrected chi connectivity index (χ0v) is 18.3. The average molecular weight is 446 g/mol. The Bertz CT molecular complexity index is 997. The summed E-state index contributed by atoms with van der Waals surface area (Å²) in [5.74, 6) is -0.913. The molecule has 0 bridgehead atoms. The van der Waals surface area contributed by atoms with Gasteiger partial charge in [-0.15, -0.1) is 0 Å². The van der Waals surface area contributed by atoms with E-state index in [2.05, 4.69) is 0 Å². The van der Waals surface area contributed by atoms with Crippen molar-refractivity contribution in [1.29, 1.82) is 0 Å². The fraction of sp³-hybridized carbons (Fsp3) is 0.435. The van der Waals surface area contributed by atoms with E-state index in [0.717, 1.165) is 0 Å². The molecule has 164 valence electrons. The lowest BCUT2D eigenvalue weighted by Crippen LogP contribution is -2.41. The van der Waals surface area contributed by atoms with Crippen molar-refractivity contribution in [2.75, 3.05) is 20.8 Å². The molecule has 0 unspecified atom stereocenters. The first kappa shape index (κ1) is 21.4. The Morgan fingerprint density at radius 1 is 1.03 bits per heavy atom. The Morgan fingerprint density at radius 2 is 1.61 bits per heavy atom. The van der Waals surface area contributed by atoms with Crippen LogP contribution in [0.15, 0.2) is 34.7 Å². The number of hydrogen-bond donors (Lipinski definition) is 1. The van der Waals surface area contributed by atoms with E-state index in [1.807, 2.05) is 0 Å². The van der Waals surface area contributed by atoms with E-state index >= 15 is 0 Å². The molecular formula is C23H24ClNO6. The second-order valence-corrected chi connectivity index (χ2v) is 8.33. The highest BCUT2D eigenvalue weighted by Crippen LogP contribution is 2.50. The van der Waals surface area contributed by atoms with Crippen molar-refractivity contribution in [2.24, 2.45) is 0 Å². The number of ketones is 2. The minimum absolute atomic E-state index is 0.0579. The number of carboxylic acid groups (broad SMARTS) is 1. The van der Waals surface area contributed by atoms with Crippen LogP contribution in [0.3, 0.4) is 0 Å². The molecule has 31 heavy (non-hydrogen) atoms. The van der Waals surface area contributed by atoms with Crippen molar-refractivity contribution in [3.8, 4) is 11.5 Å². The number of Topliss-reactive ketones (excluding diaryl/α,β-unsaturated/α-hetero) is 2. The van der Waals surface area contributed by atoms with Gasteiger partial charge in [0.25, 0.3) is 0 Å². The van der Waals surface area contributed by atoms with Crippen LogP contribution in [0.5, 0.6) is 11.5 Å². The van der Waals surface area contributed by atoms with Crippen LogP contribution in [-0.2, 0) is 14.4 Å². The molecule has 3 aliphatic rings. The first-order valence-corrected chi connectivity index (χ1v) is 10.7. The Hall–Kier alpha value is -2.80. The maximum absolute atomic E-state index is 13.1. The minimum Gasteiger partial charge on any atom is -0.493 e. The van der Waals surface area contributed by atoms with E-state index in [-0.39, 0.29) is 18.1 Å². The average Bonchev–Trinajstić information content (AvgIpc) is 2.73. The van der Waals surface area contributed by atoms with E-state index < -0.39 is 11.9 Å². The molecule has 0 amide bonds. The third-order valence-corrected chi connectivity index (χ3v) is 6.45. The third-order valence-electron chi connectivity index (χ3n) is 6.17. The molecule has 1 heterocycles. The number of ether oxygens (including phenoxy) is 2.